The minimum Gasteiger partial charge on any atom is -0.374 e. The van der Waals surface area contributed by atoms with E-state index in [-0.39, 0.29) is 5.60 Å². The summed E-state index contributed by atoms with van der Waals surface area (Å²) in [5, 5.41) is 0. The lowest BCUT2D eigenvalue weighted by atomic mass is 9.84. The Morgan fingerprint density at radius 2 is 2.17 bits per heavy atom. The normalized spacial score (nSPS) is 37.3. The van der Waals surface area contributed by atoms with Gasteiger partial charge in [-0.1, -0.05) is 6.42 Å². The smallest absolute Gasteiger partial charge is 0.0795 e. The predicted molar refractivity (Wildman–Crippen MR) is 77.0 cm³/mol. The van der Waals surface area contributed by atoms with E-state index >= 15 is 0 Å². The number of ether oxygens (including phenoxy) is 1. The molecule has 0 amide bonds. The van der Waals surface area contributed by atoms with Crippen LogP contribution in [0.1, 0.15) is 38.5 Å². The zero-order chi connectivity index (χ0) is 12.4. The number of hydrogen-bond donors (Lipinski definition) is 1. The van der Waals surface area contributed by atoms with Gasteiger partial charge in [0.2, 0.25) is 0 Å². The zero-order valence-electron chi connectivity index (χ0n) is 11.3. The van der Waals surface area contributed by atoms with Gasteiger partial charge in [0.15, 0.2) is 0 Å². The molecule has 2 heterocycles. The van der Waals surface area contributed by atoms with Gasteiger partial charge in [0.05, 0.1) is 5.60 Å². The first-order valence-corrected chi connectivity index (χ1v) is 8.66. The molecule has 0 radical (unpaired) electrons. The summed E-state index contributed by atoms with van der Waals surface area (Å²) in [5.74, 6) is 2.50. The van der Waals surface area contributed by atoms with Crippen molar-refractivity contribution in [1.82, 2.24) is 4.90 Å². The summed E-state index contributed by atoms with van der Waals surface area (Å²) in [4.78, 5) is 2.72. The molecule has 2 N–H and O–H groups in total. The molecular formula is C14H26N2OS. The van der Waals surface area contributed by atoms with Crippen molar-refractivity contribution in [2.45, 2.75) is 56.2 Å². The molecule has 2 unspecified atom stereocenters. The van der Waals surface area contributed by atoms with Crippen molar-refractivity contribution in [3.8, 4) is 0 Å². The van der Waals surface area contributed by atoms with Gasteiger partial charge in [-0.25, -0.2) is 0 Å². The van der Waals surface area contributed by atoms with E-state index in [0.29, 0.717) is 0 Å². The minimum atomic E-state index is 0.212. The summed E-state index contributed by atoms with van der Waals surface area (Å²) < 4.78 is 6.14. The second kappa shape index (κ2) is 5.70. The molecule has 2 aliphatic heterocycles. The first kappa shape index (κ1) is 13.2. The fourth-order valence-electron chi connectivity index (χ4n) is 3.68. The first-order chi connectivity index (χ1) is 8.83. The molecule has 104 valence electrons. The molecule has 1 aliphatic carbocycles. The maximum Gasteiger partial charge on any atom is 0.0795 e. The van der Waals surface area contributed by atoms with E-state index < -0.39 is 0 Å². The SMILES string of the molecule is NCCN(C1CCC1)C1CCOC2(CCSC2)C1. The van der Waals surface area contributed by atoms with E-state index in [1.165, 1.54) is 50.0 Å². The maximum atomic E-state index is 6.14. The number of hydrogen-bond acceptors (Lipinski definition) is 4. The van der Waals surface area contributed by atoms with Crippen LogP contribution in [0.2, 0.25) is 0 Å². The molecule has 0 aromatic carbocycles. The minimum absolute atomic E-state index is 0.212. The highest BCUT2D eigenvalue weighted by Gasteiger charge is 2.43. The Kier molecular flexibility index (Phi) is 4.18. The Balaban J connectivity index is 1.65. The van der Waals surface area contributed by atoms with Crippen molar-refractivity contribution in [2.24, 2.45) is 5.73 Å². The molecule has 18 heavy (non-hydrogen) atoms. The van der Waals surface area contributed by atoms with Gasteiger partial charge in [-0.3, -0.25) is 4.90 Å². The molecule has 1 spiro atoms. The fourth-order valence-corrected chi connectivity index (χ4v) is 5.06. The van der Waals surface area contributed by atoms with Gasteiger partial charge < -0.3 is 10.5 Å². The van der Waals surface area contributed by atoms with Crippen molar-refractivity contribution in [1.29, 1.82) is 0 Å². The summed E-state index contributed by atoms with van der Waals surface area (Å²) in [6.45, 7) is 2.84. The highest BCUT2D eigenvalue weighted by atomic mass is 32.2. The Morgan fingerprint density at radius 1 is 1.28 bits per heavy atom. The van der Waals surface area contributed by atoms with E-state index in [0.717, 1.165) is 31.8 Å². The van der Waals surface area contributed by atoms with Crippen LogP contribution in [0.5, 0.6) is 0 Å². The predicted octanol–water partition coefficient (Wildman–Crippen LogP) is 1.85. The molecule has 0 aromatic rings. The third-order valence-corrected chi connectivity index (χ3v) is 6.16. The quantitative estimate of drug-likeness (QED) is 0.846. The van der Waals surface area contributed by atoms with Gasteiger partial charge in [-0.15, -0.1) is 0 Å². The van der Waals surface area contributed by atoms with Gasteiger partial charge in [0.1, 0.15) is 0 Å². The molecule has 2 saturated heterocycles. The van der Waals surface area contributed by atoms with E-state index in [1.807, 2.05) is 0 Å². The molecule has 3 rings (SSSR count). The third-order valence-electron chi connectivity index (χ3n) is 4.93. The molecule has 3 fully saturated rings. The topological polar surface area (TPSA) is 38.5 Å². The molecule has 4 heteroatoms. The lowest BCUT2D eigenvalue weighted by Gasteiger charge is -2.47. The van der Waals surface area contributed by atoms with Crippen LogP contribution in [0.4, 0.5) is 0 Å². The van der Waals surface area contributed by atoms with Crippen LogP contribution < -0.4 is 5.73 Å². The van der Waals surface area contributed by atoms with Crippen LogP contribution in [0.3, 0.4) is 0 Å². The van der Waals surface area contributed by atoms with Gasteiger partial charge in [0, 0.05) is 37.5 Å². The molecule has 3 nitrogen and oxygen atoms in total. The van der Waals surface area contributed by atoms with Gasteiger partial charge in [-0.2, -0.15) is 11.8 Å². The van der Waals surface area contributed by atoms with Crippen molar-refractivity contribution in [3.05, 3.63) is 0 Å². The largest absolute Gasteiger partial charge is 0.374 e. The summed E-state index contributed by atoms with van der Waals surface area (Å²) in [5.41, 5.74) is 6.03. The highest BCUT2D eigenvalue weighted by Crippen LogP contribution is 2.41. The number of thioether (sulfide) groups is 1. The molecule has 0 aromatic heterocycles. The van der Waals surface area contributed by atoms with E-state index in [2.05, 4.69) is 16.7 Å². The van der Waals surface area contributed by atoms with Gasteiger partial charge in [0.25, 0.3) is 0 Å². The summed E-state index contributed by atoms with van der Waals surface area (Å²) >= 11 is 2.07. The molecule has 3 aliphatic rings. The van der Waals surface area contributed by atoms with Crippen LogP contribution in [0, 0.1) is 0 Å². The van der Waals surface area contributed by atoms with Crippen molar-refractivity contribution >= 4 is 11.8 Å². The number of rotatable bonds is 4. The Morgan fingerprint density at radius 3 is 2.78 bits per heavy atom. The van der Waals surface area contributed by atoms with Crippen LogP contribution in [0.15, 0.2) is 0 Å². The Labute approximate surface area is 115 Å². The second-order valence-corrected chi connectivity index (χ2v) is 7.20. The number of nitrogens with zero attached hydrogens (tertiary/aromatic N) is 1. The second-order valence-electron chi connectivity index (χ2n) is 6.09. The summed E-state index contributed by atoms with van der Waals surface area (Å²) in [6.07, 6.45) is 7.91. The van der Waals surface area contributed by atoms with Crippen LogP contribution in [-0.4, -0.2) is 53.8 Å². The summed E-state index contributed by atoms with van der Waals surface area (Å²) in [6, 6.07) is 1.55. The third kappa shape index (κ3) is 2.58. The van der Waals surface area contributed by atoms with Crippen LogP contribution in [0.25, 0.3) is 0 Å². The van der Waals surface area contributed by atoms with E-state index in [4.69, 9.17) is 10.5 Å². The lowest BCUT2D eigenvalue weighted by molar-refractivity contribution is -0.0993. The van der Waals surface area contributed by atoms with Crippen molar-refractivity contribution in [3.63, 3.8) is 0 Å². The fraction of sp³-hybridized carbons (Fsp3) is 1.00. The molecule has 0 bridgehead atoms. The maximum absolute atomic E-state index is 6.14. The molecular weight excluding hydrogens is 244 g/mol. The van der Waals surface area contributed by atoms with Gasteiger partial charge in [-0.05, 0) is 37.9 Å². The first-order valence-electron chi connectivity index (χ1n) is 7.50. The Bertz CT molecular complexity index is 277. The van der Waals surface area contributed by atoms with E-state index in [9.17, 15) is 0 Å². The van der Waals surface area contributed by atoms with Crippen molar-refractivity contribution in [2.75, 3.05) is 31.2 Å². The van der Waals surface area contributed by atoms with E-state index in [1.54, 1.807) is 0 Å². The van der Waals surface area contributed by atoms with Crippen molar-refractivity contribution < 1.29 is 4.74 Å². The molecule has 2 atom stereocenters. The standard InChI is InChI=1S/C14H26N2OS/c15-6-7-16(12-2-1-3-12)13-4-8-17-14(10-13)5-9-18-11-14/h12-13H,1-11,15H2. The Hall–Kier alpha value is 0.230. The van der Waals surface area contributed by atoms with Gasteiger partial charge >= 0.3 is 0 Å². The average molecular weight is 270 g/mol. The average Bonchev–Trinajstić information content (AvgIpc) is 2.74. The zero-order valence-corrected chi connectivity index (χ0v) is 12.1. The summed E-state index contributed by atoms with van der Waals surface area (Å²) in [7, 11) is 0. The van der Waals surface area contributed by atoms with Crippen LogP contribution >= 0.6 is 11.8 Å². The van der Waals surface area contributed by atoms with Crippen LogP contribution in [-0.2, 0) is 4.74 Å². The molecule has 1 saturated carbocycles. The highest BCUT2D eigenvalue weighted by molar-refractivity contribution is 7.99. The number of nitrogens with two attached hydrogens (primary N) is 1. The monoisotopic (exact) mass is 270 g/mol. The lowest BCUT2D eigenvalue weighted by Crippen LogP contribution is -2.54.